The van der Waals surface area contributed by atoms with Crippen LogP contribution in [0.25, 0.3) is 10.9 Å². The van der Waals surface area contributed by atoms with Crippen LogP contribution in [-0.2, 0) is 0 Å². The van der Waals surface area contributed by atoms with Crippen LogP contribution < -0.4 is 20.7 Å². The number of hydrogen-bond acceptors (Lipinski definition) is 4. The molecular weight excluding hydrogens is 406 g/mol. The van der Waals surface area contributed by atoms with Crippen molar-refractivity contribution in [2.45, 2.75) is 33.2 Å². The molecule has 0 atom stereocenters. The number of ether oxygens (including phenoxy) is 1. The summed E-state index contributed by atoms with van der Waals surface area (Å²) in [6.45, 7) is 7.72. The molecule has 0 saturated carbocycles. The molecule has 0 unspecified atom stereocenters. The van der Waals surface area contributed by atoms with Crippen molar-refractivity contribution in [3.05, 3.63) is 53.2 Å². The van der Waals surface area contributed by atoms with Crippen molar-refractivity contribution in [3.8, 4) is 5.75 Å². The first-order valence-corrected chi connectivity index (χ1v) is 10.2. The number of hydrogen-bond donors (Lipinski definition) is 5. The smallest absolute Gasteiger partial charge is 0.255 e. The number of fused-ring (bicyclic) bond motifs is 1. The number of benzene rings is 2. The molecule has 0 aliphatic carbocycles. The van der Waals surface area contributed by atoms with Gasteiger partial charge in [-0.3, -0.25) is 15.3 Å². The molecule has 9 heteroatoms. The summed E-state index contributed by atoms with van der Waals surface area (Å²) >= 11 is 0. The van der Waals surface area contributed by atoms with Gasteiger partial charge >= 0.3 is 0 Å². The lowest BCUT2D eigenvalue weighted by Crippen LogP contribution is -2.40. The normalized spacial score (nSPS) is 11.9. The van der Waals surface area contributed by atoms with Gasteiger partial charge in [-0.1, -0.05) is 6.07 Å². The van der Waals surface area contributed by atoms with Crippen LogP contribution in [0.2, 0.25) is 0 Å². The number of amides is 1. The minimum Gasteiger partial charge on any atom is -0.496 e. The summed E-state index contributed by atoms with van der Waals surface area (Å²) in [6.07, 6.45) is 1.78. The molecule has 1 heterocycles. The Hall–Kier alpha value is -3.88. The fraction of sp³-hybridized carbons (Fsp3) is 0.304. The molecule has 9 nitrogen and oxygen atoms in total. The number of methoxy groups -OCH3 is 1. The monoisotopic (exact) mass is 435 g/mol. The van der Waals surface area contributed by atoms with E-state index in [9.17, 15) is 4.79 Å². The van der Waals surface area contributed by atoms with E-state index in [0.29, 0.717) is 22.8 Å². The molecule has 3 rings (SSSR count). The summed E-state index contributed by atoms with van der Waals surface area (Å²) in [6, 6.07) is 8.82. The van der Waals surface area contributed by atoms with E-state index in [1.165, 1.54) is 7.11 Å². The fourth-order valence-electron chi connectivity index (χ4n) is 3.18. The molecule has 32 heavy (non-hydrogen) atoms. The number of nitrogens with one attached hydrogen (secondary N) is 5. The van der Waals surface area contributed by atoms with Crippen LogP contribution in [0.5, 0.6) is 5.75 Å². The summed E-state index contributed by atoms with van der Waals surface area (Å²) in [5.41, 5.74) is 3.37. The number of aliphatic imine (C=N–C) groups is 1. The Labute approximate surface area is 187 Å². The quantitative estimate of drug-likeness (QED) is 0.317. The van der Waals surface area contributed by atoms with Crippen molar-refractivity contribution in [1.29, 1.82) is 5.41 Å². The second kappa shape index (κ2) is 9.09. The summed E-state index contributed by atoms with van der Waals surface area (Å²) in [5.74, 6) is 0.572. The second-order valence-electron chi connectivity index (χ2n) is 8.37. The number of aryl methyl sites for hydroxylation is 1. The van der Waals surface area contributed by atoms with Crippen LogP contribution in [0.4, 0.5) is 5.69 Å². The van der Waals surface area contributed by atoms with Gasteiger partial charge in [0, 0.05) is 29.2 Å². The summed E-state index contributed by atoms with van der Waals surface area (Å²) in [7, 11) is 3.22. The van der Waals surface area contributed by atoms with E-state index >= 15 is 0 Å². The fourth-order valence-corrected chi connectivity index (χ4v) is 3.18. The highest BCUT2D eigenvalue weighted by molar-refractivity contribution is 6.09. The molecule has 0 fully saturated rings. The third-order valence-corrected chi connectivity index (χ3v) is 4.82. The van der Waals surface area contributed by atoms with Gasteiger partial charge in [0.25, 0.3) is 5.91 Å². The summed E-state index contributed by atoms with van der Waals surface area (Å²) < 4.78 is 5.40. The number of guanidine groups is 1. The second-order valence-corrected chi connectivity index (χ2v) is 8.37. The number of amidine groups is 1. The number of anilines is 1. The van der Waals surface area contributed by atoms with Crippen molar-refractivity contribution < 1.29 is 9.53 Å². The zero-order chi connectivity index (χ0) is 23.5. The Morgan fingerprint density at radius 2 is 1.97 bits per heavy atom. The lowest BCUT2D eigenvalue weighted by Gasteiger charge is -2.21. The number of carbonyl (C=O) groups is 1. The van der Waals surface area contributed by atoms with Gasteiger partial charge < -0.3 is 20.7 Å². The zero-order valence-electron chi connectivity index (χ0n) is 19.2. The Morgan fingerprint density at radius 1 is 1.22 bits per heavy atom. The van der Waals surface area contributed by atoms with Gasteiger partial charge in [0.15, 0.2) is 5.84 Å². The van der Waals surface area contributed by atoms with E-state index in [4.69, 9.17) is 10.1 Å². The largest absolute Gasteiger partial charge is 0.496 e. The van der Waals surface area contributed by atoms with Crippen LogP contribution in [0.15, 0.2) is 41.5 Å². The van der Waals surface area contributed by atoms with E-state index in [0.717, 1.165) is 22.2 Å². The predicted molar refractivity (Wildman–Crippen MR) is 128 cm³/mol. The molecule has 2 aromatic carbocycles. The van der Waals surface area contributed by atoms with Crippen LogP contribution in [-0.4, -0.2) is 47.6 Å². The highest BCUT2D eigenvalue weighted by atomic mass is 16.5. The zero-order valence-corrected chi connectivity index (χ0v) is 19.2. The summed E-state index contributed by atoms with van der Waals surface area (Å²) in [5, 5.41) is 25.6. The lowest BCUT2D eigenvalue weighted by molar-refractivity contribution is 0.0916. The number of H-pyrrole nitrogens is 1. The van der Waals surface area contributed by atoms with Gasteiger partial charge in [-0.15, -0.1) is 0 Å². The number of nitrogens with zero attached hydrogens (tertiary/aromatic N) is 2. The molecule has 5 N–H and O–H groups in total. The first-order valence-electron chi connectivity index (χ1n) is 10.2. The minimum atomic E-state index is -0.372. The van der Waals surface area contributed by atoms with Crippen molar-refractivity contribution >= 4 is 34.3 Å². The van der Waals surface area contributed by atoms with E-state index in [1.54, 1.807) is 31.4 Å². The standard InChI is InChI=1S/C23H29N7O2/c1-13-16-12-26-30-18(16)10-9-17(13)27-22(25-5)28-20(24)14-7-8-15(19(11-14)32-6)21(31)29-23(2,3)4/h7-12H,1-6H3,(H,26,30)(H,29,31)(H3,24,25,27,28). The van der Waals surface area contributed by atoms with Gasteiger partial charge in [0.1, 0.15) is 5.75 Å². The minimum absolute atomic E-state index is 0.0185. The Balaban J connectivity index is 1.84. The van der Waals surface area contributed by atoms with Gasteiger partial charge in [0.05, 0.1) is 24.4 Å². The van der Waals surface area contributed by atoms with Crippen molar-refractivity contribution in [2.75, 3.05) is 19.5 Å². The average Bonchev–Trinajstić information content (AvgIpc) is 3.22. The Kier molecular flexibility index (Phi) is 6.47. The van der Waals surface area contributed by atoms with E-state index in [1.807, 2.05) is 39.8 Å². The molecule has 0 spiro atoms. The lowest BCUT2D eigenvalue weighted by atomic mass is 10.1. The predicted octanol–water partition coefficient (Wildman–Crippen LogP) is 3.42. The molecule has 3 aromatic rings. The number of rotatable bonds is 4. The van der Waals surface area contributed by atoms with E-state index in [2.05, 4.69) is 31.1 Å². The molecule has 0 bridgehead atoms. The molecule has 0 saturated heterocycles. The number of carbonyl (C=O) groups excluding carboxylic acids is 1. The van der Waals surface area contributed by atoms with Crippen LogP contribution in [0.1, 0.15) is 42.3 Å². The average molecular weight is 436 g/mol. The van der Waals surface area contributed by atoms with Crippen LogP contribution in [0.3, 0.4) is 0 Å². The molecule has 168 valence electrons. The topological polar surface area (TPSA) is 127 Å². The number of aromatic amines is 1. The maximum absolute atomic E-state index is 12.6. The van der Waals surface area contributed by atoms with Crippen molar-refractivity contribution in [2.24, 2.45) is 4.99 Å². The number of aromatic nitrogens is 2. The maximum Gasteiger partial charge on any atom is 0.255 e. The van der Waals surface area contributed by atoms with Gasteiger partial charge in [-0.25, -0.2) is 0 Å². The van der Waals surface area contributed by atoms with Gasteiger partial charge in [0.2, 0.25) is 5.96 Å². The SMILES string of the molecule is CN/C(=N\C(=N)c1ccc(C(=O)NC(C)(C)C)c(OC)c1)Nc1ccc2[nH]ncc2c1C. The molecular formula is C23H29N7O2. The maximum atomic E-state index is 12.6. The summed E-state index contributed by atoms with van der Waals surface area (Å²) in [4.78, 5) is 16.9. The first kappa shape index (κ1) is 22.8. The third-order valence-electron chi connectivity index (χ3n) is 4.82. The van der Waals surface area contributed by atoms with Gasteiger partial charge in [-0.05, 0) is 57.5 Å². The van der Waals surface area contributed by atoms with Crippen molar-refractivity contribution in [1.82, 2.24) is 20.8 Å². The molecule has 0 radical (unpaired) electrons. The van der Waals surface area contributed by atoms with Crippen LogP contribution in [0, 0.1) is 12.3 Å². The third kappa shape index (κ3) is 5.05. The molecule has 1 amide bonds. The van der Waals surface area contributed by atoms with Gasteiger partial charge in [-0.2, -0.15) is 10.1 Å². The molecule has 0 aliphatic heterocycles. The van der Waals surface area contributed by atoms with E-state index in [-0.39, 0.29) is 17.3 Å². The highest BCUT2D eigenvalue weighted by Gasteiger charge is 2.19. The molecule has 0 aliphatic rings. The Morgan fingerprint density at radius 3 is 2.62 bits per heavy atom. The van der Waals surface area contributed by atoms with Crippen molar-refractivity contribution in [3.63, 3.8) is 0 Å². The molecule has 1 aromatic heterocycles. The highest BCUT2D eigenvalue weighted by Crippen LogP contribution is 2.24. The first-order chi connectivity index (χ1) is 15.1. The van der Waals surface area contributed by atoms with Crippen LogP contribution >= 0.6 is 0 Å². The Bertz CT molecular complexity index is 1190. The van der Waals surface area contributed by atoms with E-state index < -0.39 is 0 Å².